The van der Waals surface area contributed by atoms with Crippen molar-refractivity contribution >= 4 is 23.9 Å². The summed E-state index contributed by atoms with van der Waals surface area (Å²) < 4.78 is 32.7. The molecular formula is C24H23FN2O7. The molecule has 0 saturated carbocycles. The van der Waals surface area contributed by atoms with Crippen LogP contribution in [0, 0.1) is 0 Å². The SMILES string of the molecule is C[C@@]1(F)[C@H](OC(=O)c2ccccc2)[C@@H](COC(=O)c2ccccc2)O[C@H]1N1CCC(=O)NC1=O. The predicted molar refractivity (Wildman–Crippen MR) is 115 cm³/mol. The average molecular weight is 470 g/mol. The number of esters is 2. The van der Waals surface area contributed by atoms with E-state index in [0.717, 1.165) is 11.8 Å². The van der Waals surface area contributed by atoms with Crippen LogP contribution < -0.4 is 5.32 Å². The highest BCUT2D eigenvalue weighted by atomic mass is 19.1. The molecule has 10 heteroatoms. The van der Waals surface area contributed by atoms with Gasteiger partial charge in [-0.25, -0.2) is 18.8 Å². The van der Waals surface area contributed by atoms with E-state index in [1.165, 1.54) is 12.1 Å². The van der Waals surface area contributed by atoms with Gasteiger partial charge in [0.15, 0.2) is 18.0 Å². The van der Waals surface area contributed by atoms with Crippen molar-refractivity contribution in [1.29, 1.82) is 0 Å². The largest absolute Gasteiger partial charge is 0.459 e. The van der Waals surface area contributed by atoms with E-state index in [0.29, 0.717) is 0 Å². The minimum absolute atomic E-state index is 0.0379. The van der Waals surface area contributed by atoms with Crippen LogP contribution in [0.25, 0.3) is 0 Å². The van der Waals surface area contributed by atoms with Gasteiger partial charge in [0.2, 0.25) is 5.91 Å². The molecule has 0 unspecified atom stereocenters. The number of carbonyl (C=O) groups excluding carboxylic acids is 4. The zero-order valence-corrected chi connectivity index (χ0v) is 18.3. The van der Waals surface area contributed by atoms with Crippen LogP contribution in [-0.4, -0.2) is 66.0 Å². The van der Waals surface area contributed by atoms with Gasteiger partial charge in [-0.2, -0.15) is 0 Å². The molecule has 178 valence electrons. The summed E-state index contributed by atoms with van der Waals surface area (Å²) in [7, 11) is 0. The van der Waals surface area contributed by atoms with Gasteiger partial charge in [-0.15, -0.1) is 0 Å². The Morgan fingerprint density at radius 2 is 1.65 bits per heavy atom. The number of carbonyl (C=O) groups is 4. The Morgan fingerprint density at radius 3 is 2.24 bits per heavy atom. The highest BCUT2D eigenvalue weighted by molar-refractivity contribution is 5.96. The number of hydrogen-bond donors (Lipinski definition) is 1. The van der Waals surface area contributed by atoms with Crippen molar-refractivity contribution in [2.45, 2.75) is 37.4 Å². The van der Waals surface area contributed by atoms with E-state index in [9.17, 15) is 19.2 Å². The van der Waals surface area contributed by atoms with Crippen LogP contribution in [0.4, 0.5) is 9.18 Å². The number of rotatable bonds is 6. The topological polar surface area (TPSA) is 111 Å². The number of halogens is 1. The van der Waals surface area contributed by atoms with Crippen LogP contribution in [0.5, 0.6) is 0 Å². The minimum atomic E-state index is -2.37. The number of amides is 3. The smallest absolute Gasteiger partial charge is 0.338 e. The first-order chi connectivity index (χ1) is 16.3. The lowest BCUT2D eigenvalue weighted by Gasteiger charge is -2.36. The van der Waals surface area contributed by atoms with Gasteiger partial charge in [-0.05, 0) is 31.2 Å². The van der Waals surface area contributed by atoms with Gasteiger partial charge in [-0.1, -0.05) is 36.4 Å². The maximum absolute atomic E-state index is 16.1. The van der Waals surface area contributed by atoms with Crippen LogP contribution in [0.1, 0.15) is 34.1 Å². The van der Waals surface area contributed by atoms with Gasteiger partial charge in [0.25, 0.3) is 0 Å². The fourth-order valence-electron chi connectivity index (χ4n) is 3.94. The molecule has 1 N–H and O–H groups in total. The van der Waals surface area contributed by atoms with E-state index in [1.807, 2.05) is 0 Å². The van der Waals surface area contributed by atoms with Crippen molar-refractivity contribution in [1.82, 2.24) is 10.2 Å². The van der Waals surface area contributed by atoms with Crippen molar-refractivity contribution in [3.8, 4) is 0 Å². The van der Waals surface area contributed by atoms with Crippen LogP contribution in [0.3, 0.4) is 0 Å². The number of imide groups is 1. The molecule has 2 fully saturated rings. The summed E-state index contributed by atoms with van der Waals surface area (Å²) in [5, 5.41) is 2.12. The molecule has 2 aromatic rings. The maximum Gasteiger partial charge on any atom is 0.338 e. The van der Waals surface area contributed by atoms with Crippen molar-refractivity contribution in [2.75, 3.05) is 13.2 Å². The monoisotopic (exact) mass is 470 g/mol. The zero-order valence-electron chi connectivity index (χ0n) is 18.3. The van der Waals surface area contributed by atoms with Crippen molar-refractivity contribution in [3.63, 3.8) is 0 Å². The third-order valence-corrected chi connectivity index (χ3v) is 5.68. The lowest BCUT2D eigenvalue weighted by molar-refractivity contribution is -0.126. The molecule has 9 nitrogen and oxygen atoms in total. The van der Waals surface area contributed by atoms with Crippen LogP contribution in [0.15, 0.2) is 60.7 Å². The van der Waals surface area contributed by atoms with Gasteiger partial charge in [0.1, 0.15) is 12.7 Å². The second-order valence-corrected chi connectivity index (χ2v) is 8.13. The molecule has 3 amide bonds. The summed E-state index contributed by atoms with van der Waals surface area (Å²) >= 11 is 0. The normalized spacial score (nSPS) is 26.6. The Kier molecular flexibility index (Phi) is 6.60. The first kappa shape index (κ1) is 23.4. The van der Waals surface area contributed by atoms with E-state index < -0.39 is 54.6 Å². The van der Waals surface area contributed by atoms with Crippen LogP contribution in [0.2, 0.25) is 0 Å². The number of ether oxygens (including phenoxy) is 3. The Balaban J connectivity index is 1.55. The van der Waals surface area contributed by atoms with E-state index in [-0.39, 0.29) is 24.1 Å². The Morgan fingerprint density at radius 1 is 1.06 bits per heavy atom. The molecule has 34 heavy (non-hydrogen) atoms. The van der Waals surface area contributed by atoms with Gasteiger partial charge in [0, 0.05) is 13.0 Å². The third-order valence-electron chi connectivity index (χ3n) is 5.68. The Bertz CT molecular complexity index is 1080. The Hall–Kier alpha value is -3.79. The first-order valence-corrected chi connectivity index (χ1v) is 10.7. The minimum Gasteiger partial charge on any atom is -0.459 e. The quantitative estimate of drug-likeness (QED) is 0.646. The summed E-state index contributed by atoms with van der Waals surface area (Å²) in [4.78, 5) is 50.0. The van der Waals surface area contributed by atoms with Crippen molar-refractivity contribution in [3.05, 3.63) is 71.8 Å². The molecular weight excluding hydrogens is 447 g/mol. The second-order valence-electron chi connectivity index (χ2n) is 8.13. The molecule has 0 aliphatic carbocycles. The molecule has 2 aromatic carbocycles. The van der Waals surface area contributed by atoms with Gasteiger partial charge < -0.3 is 14.2 Å². The van der Waals surface area contributed by atoms with E-state index >= 15 is 4.39 Å². The second kappa shape index (κ2) is 9.60. The lowest BCUT2D eigenvalue weighted by Crippen LogP contribution is -2.59. The fourth-order valence-corrected chi connectivity index (χ4v) is 3.94. The van der Waals surface area contributed by atoms with Crippen LogP contribution in [-0.2, 0) is 19.0 Å². The van der Waals surface area contributed by atoms with E-state index in [2.05, 4.69) is 5.32 Å². The lowest BCUT2D eigenvalue weighted by atomic mass is 9.97. The molecule has 4 atom stereocenters. The number of nitrogens with one attached hydrogen (secondary N) is 1. The summed E-state index contributed by atoms with van der Waals surface area (Å²) in [5.41, 5.74) is -1.89. The number of nitrogens with zero attached hydrogens (tertiary/aromatic N) is 1. The van der Waals surface area contributed by atoms with E-state index in [1.54, 1.807) is 48.5 Å². The molecule has 0 spiro atoms. The zero-order chi connectivity index (χ0) is 24.3. The maximum atomic E-state index is 16.1. The number of hydrogen-bond acceptors (Lipinski definition) is 7. The van der Waals surface area contributed by atoms with Crippen LogP contribution >= 0.6 is 0 Å². The molecule has 2 saturated heterocycles. The molecule has 2 aliphatic rings. The van der Waals surface area contributed by atoms with Gasteiger partial charge in [-0.3, -0.25) is 15.0 Å². The summed E-state index contributed by atoms with van der Waals surface area (Å²) in [5.74, 6) is -1.95. The number of urea groups is 1. The molecule has 2 aliphatic heterocycles. The highest BCUT2D eigenvalue weighted by Crippen LogP contribution is 2.39. The molecule has 0 bridgehead atoms. The summed E-state index contributed by atoms with van der Waals surface area (Å²) in [6.07, 6.45) is -4.22. The first-order valence-electron chi connectivity index (χ1n) is 10.7. The van der Waals surface area contributed by atoms with Crippen molar-refractivity contribution in [2.24, 2.45) is 0 Å². The predicted octanol–water partition coefficient (Wildman–Crippen LogP) is 2.46. The summed E-state index contributed by atoms with van der Waals surface area (Å²) in [6, 6.07) is 15.4. The fraction of sp³-hybridized carbons (Fsp3) is 0.333. The third kappa shape index (κ3) is 4.76. The summed E-state index contributed by atoms with van der Waals surface area (Å²) in [6.45, 7) is 0.638. The molecule has 2 heterocycles. The van der Waals surface area contributed by atoms with Gasteiger partial charge in [0.05, 0.1) is 11.1 Å². The molecule has 4 rings (SSSR count). The molecule has 0 aromatic heterocycles. The van der Waals surface area contributed by atoms with Crippen molar-refractivity contribution < 1.29 is 37.8 Å². The average Bonchev–Trinajstić information content (AvgIpc) is 3.08. The standard InChI is InChI=1S/C24H23FN2O7/c1-24(25)19(34-21(30)16-10-6-3-7-11-16)17(14-32-20(29)15-8-4-2-5-9-15)33-22(24)27-13-12-18(28)26-23(27)31/h2-11,17,19,22H,12-14H2,1H3,(H,26,28,31)/t17-,19-,22-,24-/m1/s1. The Labute approximate surface area is 194 Å². The number of benzene rings is 2. The highest BCUT2D eigenvalue weighted by Gasteiger charge is 2.60. The number of alkyl halides is 1. The molecule has 0 radical (unpaired) electrons. The van der Waals surface area contributed by atoms with Gasteiger partial charge >= 0.3 is 18.0 Å². The van der Waals surface area contributed by atoms with E-state index in [4.69, 9.17) is 14.2 Å².